The molecule has 0 saturated heterocycles. The van der Waals surface area contributed by atoms with Crippen LogP contribution in [-0.2, 0) is 4.79 Å². The van der Waals surface area contributed by atoms with E-state index in [0.29, 0.717) is 33.3 Å². The molecule has 1 N–H and O–H groups in total. The van der Waals surface area contributed by atoms with Crippen molar-refractivity contribution in [2.24, 2.45) is 27.3 Å². The zero-order valence-electron chi connectivity index (χ0n) is 17.1. The third-order valence-corrected chi connectivity index (χ3v) is 7.22. The molecule has 4 aliphatic rings. The van der Waals surface area contributed by atoms with E-state index >= 15 is 0 Å². The zero-order chi connectivity index (χ0) is 20.2. The van der Waals surface area contributed by atoms with Gasteiger partial charge in [0.25, 0.3) is 0 Å². The number of rotatable bonds is 5. The lowest BCUT2D eigenvalue weighted by atomic mass is 9.40. The van der Waals surface area contributed by atoms with Crippen molar-refractivity contribution >= 4 is 23.7 Å². The maximum Gasteiger partial charge on any atom is 0.246 e. The maximum atomic E-state index is 13.2. The van der Waals surface area contributed by atoms with Crippen molar-refractivity contribution in [3.05, 3.63) is 22.7 Å². The van der Waals surface area contributed by atoms with E-state index in [9.17, 15) is 4.79 Å². The molecule has 1 aromatic rings. The summed E-state index contributed by atoms with van der Waals surface area (Å²) in [4.78, 5) is 13.2. The number of ether oxygens (including phenoxy) is 2. The summed E-state index contributed by atoms with van der Waals surface area (Å²) in [5, 5.41) is 4.68. The number of amides is 1. The van der Waals surface area contributed by atoms with Gasteiger partial charge in [0.2, 0.25) is 5.91 Å². The van der Waals surface area contributed by atoms with Crippen LogP contribution in [0.5, 0.6) is 11.5 Å². The summed E-state index contributed by atoms with van der Waals surface area (Å²) in [5.74, 6) is 1.76. The van der Waals surface area contributed by atoms with Crippen LogP contribution < -0.4 is 14.9 Å². The lowest BCUT2D eigenvalue weighted by molar-refractivity contribution is -0.170. The number of halogens is 1. The van der Waals surface area contributed by atoms with E-state index in [1.807, 2.05) is 0 Å². The smallest absolute Gasteiger partial charge is 0.246 e. The van der Waals surface area contributed by atoms with E-state index in [1.54, 1.807) is 32.6 Å². The van der Waals surface area contributed by atoms with Gasteiger partial charge in [-0.15, -0.1) is 0 Å². The van der Waals surface area contributed by atoms with Crippen LogP contribution >= 0.6 is 11.6 Å². The van der Waals surface area contributed by atoms with Gasteiger partial charge in [-0.2, -0.15) is 5.10 Å². The van der Waals surface area contributed by atoms with Gasteiger partial charge in [0.1, 0.15) is 0 Å². The van der Waals surface area contributed by atoms with Crippen molar-refractivity contribution < 1.29 is 14.3 Å². The van der Waals surface area contributed by atoms with E-state index < -0.39 is 0 Å². The highest BCUT2D eigenvalue weighted by atomic mass is 35.5. The highest BCUT2D eigenvalue weighted by Gasteiger charge is 2.62. The molecule has 5 nitrogen and oxygen atoms in total. The second-order valence-electron chi connectivity index (χ2n) is 9.85. The summed E-state index contributed by atoms with van der Waals surface area (Å²) in [6.07, 6.45) is 8.36. The molecule has 4 fully saturated rings. The topological polar surface area (TPSA) is 59.9 Å². The fourth-order valence-electron chi connectivity index (χ4n) is 7.00. The van der Waals surface area contributed by atoms with Crippen molar-refractivity contribution in [3.63, 3.8) is 0 Å². The van der Waals surface area contributed by atoms with Gasteiger partial charge in [-0.1, -0.05) is 25.4 Å². The number of hydrazone groups is 1. The summed E-state index contributed by atoms with van der Waals surface area (Å²) in [6.45, 7) is 4.74. The van der Waals surface area contributed by atoms with Crippen LogP contribution in [-0.4, -0.2) is 26.3 Å². The molecule has 0 heterocycles. The molecule has 0 aromatic heterocycles. The van der Waals surface area contributed by atoms with Crippen LogP contribution in [0.15, 0.2) is 17.2 Å². The van der Waals surface area contributed by atoms with Gasteiger partial charge in [0.15, 0.2) is 11.5 Å². The molecule has 1 aromatic carbocycles. The number of hydrogen-bond acceptors (Lipinski definition) is 4. The Labute approximate surface area is 171 Å². The zero-order valence-corrected chi connectivity index (χ0v) is 17.9. The normalized spacial score (nSPS) is 36.0. The van der Waals surface area contributed by atoms with Gasteiger partial charge in [0.05, 0.1) is 30.9 Å². The summed E-state index contributed by atoms with van der Waals surface area (Å²) in [6, 6.07) is 3.53. The van der Waals surface area contributed by atoms with Gasteiger partial charge >= 0.3 is 0 Å². The lowest BCUT2D eigenvalue weighted by Gasteiger charge is -2.64. The molecule has 5 rings (SSSR count). The molecule has 4 aliphatic carbocycles. The maximum absolute atomic E-state index is 13.2. The van der Waals surface area contributed by atoms with Gasteiger partial charge in [0, 0.05) is 0 Å². The molecular weight excluding hydrogens is 376 g/mol. The lowest BCUT2D eigenvalue weighted by Crippen LogP contribution is -2.59. The molecule has 0 aliphatic heterocycles. The highest BCUT2D eigenvalue weighted by Crippen LogP contribution is 2.69. The fourth-order valence-corrected chi connectivity index (χ4v) is 7.29. The number of carbonyl (C=O) groups is 1. The average Bonchev–Trinajstić information content (AvgIpc) is 2.58. The van der Waals surface area contributed by atoms with Crippen molar-refractivity contribution in [2.75, 3.05) is 14.2 Å². The van der Waals surface area contributed by atoms with Crippen LogP contribution in [0.25, 0.3) is 0 Å². The van der Waals surface area contributed by atoms with Crippen molar-refractivity contribution in [3.8, 4) is 11.5 Å². The first-order chi connectivity index (χ1) is 13.2. The molecule has 2 atom stereocenters. The molecule has 152 valence electrons. The van der Waals surface area contributed by atoms with Crippen LogP contribution in [0.4, 0.5) is 0 Å². The van der Waals surface area contributed by atoms with E-state index in [4.69, 9.17) is 21.1 Å². The Balaban J connectivity index is 1.50. The Hall–Kier alpha value is -1.75. The minimum Gasteiger partial charge on any atom is -0.493 e. The third-order valence-electron chi connectivity index (χ3n) is 6.94. The number of nitrogens with zero attached hydrogens (tertiary/aromatic N) is 1. The predicted octanol–water partition coefficient (Wildman–Crippen LogP) is 4.80. The Bertz CT molecular complexity index is 819. The minimum atomic E-state index is -0.268. The summed E-state index contributed by atoms with van der Waals surface area (Å²) < 4.78 is 10.6. The Kier molecular flexibility index (Phi) is 4.65. The predicted molar refractivity (Wildman–Crippen MR) is 110 cm³/mol. The van der Waals surface area contributed by atoms with Crippen LogP contribution in [0.1, 0.15) is 57.9 Å². The number of carbonyl (C=O) groups excluding carboxylic acids is 1. The molecular formula is C22H29ClN2O3. The Morgan fingerprint density at radius 2 is 1.82 bits per heavy atom. The van der Waals surface area contributed by atoms with E-state index in [-0.39, 0.29) is 11.3 Å². The second kappa shape index (κ2) is 6.65. The Morgan fingerprint density at radius 3 is 2.39 bits per heavy atom. The summed E-state index contributed by atoms with van der Waals surface area (Å²) in [5.41, 5.74) is 3.89. The fraction of sp³-hybridized carbons (Fsp3) is 0.636. The quantitative estimate of drug-likeness (QED) is 0.566. The first kappa shape index (κ1) is 19.6. The number of nitrogens with one attached hydrogen (secondary N) is 1. The van der Waals surface area contributed by atoms with Crippen LogP contribution in [0, 0.1) is 22.2 Å². The number of benzene rings is 1. The summed E-state index contributed by atoms with van der Waals surface area (Å²) in [7, 11) is 3.11. The first-order valence-corrected chi connectivity index (χ1v) is 10.3. The standard InChI is InChI=1S/C22H29ClN2O3/c1-20-7-15-8-21(2,11-20)13-22(9-15,12-20)19(26)25-24-10-14-5-16(23)18(28-4)17(6-14)27-3/h5-6,10,15H,7-9,11-13H2,1-4H3,(H,25,26)/b24-10+. The van der Waals surface area contributed by atoms with E-state index in [1.165, 1.54) is 19.3 Å². The third kappa shape index (κ3) is 3.28. The van der Waals surface area contributed by atoms with Gasteiger partial charge in [-0.25, -0.2) is 5.43 Å². The van der Waals surface area contributed by atoms with E-state index in [2.05, 4.69) is 24.4 Å². The molecule has 2 unspecified atom stereocenters. The van der Waals surface area contributed by atoms with Crippen molar-refractivity contribution in [1.29, 1.82) is 0 Å². The van der Waals surface area contributed by atoms with E-state index in [0.717, 1.165) is 24.8 Å². The van der Waals surface area contributed by atoms with Gasteiger partial charge in [-0.05, 0) is 73.0 Å². The van der Waals surface area contributed by atoms with Crippen LogP contribution in [0.2, 0.25) is 5.02 Å². The molecule has 6 heteroatoms. The van der Waals surface area contributed by atoms with Crippen molar-refractivity contribution in [1.82, 2.24) is 5.43 Å². The largest absolute Gasteiger partial charge is 0.493 e. The monoisotopic (exact) mass is 404 g/mol. The number of methoxy groups -OCH3 is 2. The van der Waals surface area contributed by atoms with Gasteiger partial charge in [-0.3, -0.25) is 4.79 Å². The minimum absolute atomic E-state index is 0.0665. The SMILES string of the molecule is COc1cc(/C=N/NC(=O)C23CC4CC(C)(CC(C)(C4)C2)C3)cc(Cl)c1OC. The molecule has 0 spiro atoms. The Morgan fingerprint density at radius 1 is 1.14 bits per heavy atom. The van der Waals surface area contributed by atoms with Crippen LogP contribution in [0.3, 0.4) is 0 Å². The first-order valence-electron chi connectivity index (χ1n) is 9.95. The molecule has 28 heavy (non-hydrogen) atoms. The van der Waals surface area contributed by atoms with Gasteiger partial charge < -0.3 is 9.47 Å². The van der Waals surface area contributed by atoms with Crippen molar-refractivity contribution in [2.45, 2.75) is 52.4 Å². The molecule has 4 saturated carbocycles. The highest BCUT2D eigenvalue weighted by molar-refractivity contribution is 6.32. The molecule has 4 bridgehead atoms. The number of hydrogen-bond donors (Lipinski definition) is 1. The summed E-state index contributed by atoms with van der Waals surface area (Å²) >= 11 is 6.24. The average molecular weight is 405 g/mol. The molecule has 1 amide bonds. The second-order valence-corrected chi connectivity index (χ2v) is 10.3. The molecule has 0 radical (unpaired) electrons.